The van der Waals surface area contributed by atoms with Gasteiger partial charge in [0.25, 0.3) is 0 Å². The minimum atomic E-state index is -0.880. The second-order valence-electron chi connectivity index (χ2n) is 9.72. The van der Waals surface area contributed by atoms with E-state index in [1.54, 1.807) is 35.3 Å². The molecule has 12 heteroatoms. The van der Waals surface area contributed by atoms with E-state index in [0.29, 0.717) is 21.8 Å². The fraction of sp³-hybridized carbons (Fsp3) is 0.200. The van der Waals surface area contributed by atoms with E-state index in [1.165, 1.54) is 11.8 Å². The molecule has 9 nitrogen and oxygen atoms in total. The number of rotatable bonds is 7. The van der Waals surface area contributed by atoms with Gasteiger partial charge in [0.15, 0.2) is 11.0 Å². The maximum Gasteiger partial charge on any atom is 0.367 e. The second-order valence-corrected chi connectivity index (χ2v) is 11.1. The van der Waals surface area contributed by atoms with Gasteiger partial charge in [-0.05, 0) is 54.4 Å². The molecule has 2 atom stereocenters. The predicted octanol–water partition coefficient (Wildman–Crippen LogP) is 7.21. The van der Waals surface area contributed by atoms with Crippen molar-refractivity contribution in [3.05, 3.63) is 101 Å². The van der Waals surface area contributed by atoms with E-state index in [-0.39, 0.29) is 5.92 Å². The molecule has 3 aromatic carbocycles. The molecule has 0 saturated carbocycles. The number of amidine groups is 1. The number of ether oxygens (including phenoxy) is 1. The standard InChI is InChI=1S/C30H26ClFN6O3S/c1-18-13-24-15-42-30(38(24)27-14-22(31)7-12-26(18)27)34-29(39)36-41-19(2)20-3-5-21(6-4-20)28-33-17-37(35-28)23-8-10-25(11-9-23)40-16-32/h3-14,17-19H,15-16H2,1-2H3,(H,36,39)/b34-30-. The molecule has 1 N–H and O–H groups in total. The number of alkyl halides is 1. The number of hydrogen-bond donors (Lipinski definition) is 1. The number of nitrogens with zero attached hydrogens (tertiary/aromatic N) is 5. The number of anilines is 1. The van der Waals surface area contributed by atoms with Crippen LogP contribution in [-0.4, -0.2) is 38.6 Å². The number of benzene rings is 3. The van der Waals surface area contributed by atoms with Crippen LogP contribution in [0.1, 0.15) is 37.0 Å². The average molecular weight is 605 g/mol. The lowest BCUT2D eigenvalue weighted by molar-refractivity contribution is 0.00723. The Balaban J connectivity index is 1.08. The largest absolute Gasteiger partial charge is 0.463 e. The number of thioether (sulfide) groups is 1. The van der Waals surface area contributed by atoms with Crippen molar-refractivity contribution >= 4 is 40.2 Å². The van der Waals surface area contributed by atoms with Gasteiger partial charge >= 0.3 is 6.03 Å². The van der Waals surface area contributed by atoms with Crippen molar-refractivity contribution < 1.29 is 18.8 Å². The summed E-state index contributed by atoms with van der Waals surface area (Å²) < 4.78 is 18.8. The number of halogens is 2. The number of amides is 2. The summed E-state index contributed by atoms with van der Waals surface area (Å²) in [6.07, 6.45) is 3.37. The Hall–Kier alpha value is -4.19. The van der Waals surface area contributed by atoms with E-state index >= 15 is 0 Å². The van der Waals surface area contributed by atoms with Crippen molar-refractivity contribution in [2.75, 3.05) is 17.5 Å². The Labute approximate surface area is 251 Å². The van der Waals surface area contributed by atoms with Gasteiger partial charge in [-0.15, -0.1) is 5.10 Å². The molecule has 0 radical (unpaired) electrons. The molecule has 1 fully saturated rings. The van der Waals surface area contributed by atoms with Crippen LogP contribution in [0.3, 0.4) is 0 Å². The average Bonchev–Trinajstić information content (AvgIpc) is 3.64. The number of carbonyl (C=O) groups is 1. The van der Waals surface area contributed by atoms with E-state index in [9.17, 15) is 9.18 Å². The van der Waals surface area contributed by atoms with Crippen LogP contribution in [0, 0.1) is 0 Å². The summed E-state index contributed by atoms with van der Waals surface area (Å²) >= 11 is 7.78. The van der Waals surface area contributed by atoms with Crippen LogP contribution < -0.4 is 15.1 Å². The molecule has 0 aliphatic carbocycles. The number of aliphatic imine (C=N–C) groups is 1. The van der Waals surface area contributed by atoms with E-state index in [0.717, 1.165) is 39.5 Å². The third-order valence-corrected chi connectivity index (χ3v) is 8.17. The van der Waals surface area contributed by atoms with Gasteiger partial charge < -0.3 is 4.74 Å². The van der Waals surface area contributed by atoms with E-state index < -0.39 is 19.0 Å². The molecule has 214 valence electrons. The monoisotopic (exact) mass is 604 g/mol. The molecule has 0 bridgehead atoms. The highest BCUT2D eigenvalue weighted by atomic mass is 35.5. The van der Waals surface area contributed by atoms with Gasteiger partial charge in [-0.25, -0.2) is 24.3 Å². The first kappa shape index (κ1) is 28.0. The van der Waals surface area contributed by atoms with Crippen LogP contribution in [0.4, 0.5) is 14.9 Å². The van der Waals surface area contributed by atoms with Crippen LogP contribution >= 0.6 is 23.4 Å². The van der Waals surface area contributed by atoms with Crippen molar-refractivity contribution in [1.29, 1.82) is 0 Å². The zero-order valence-corrected chi connectivity index (χ0v) is 24.3. The number of nitrogens with one attached hydrogen (secondary N) is 1. The molecule has 1 aromatic heterocycles. The smallest absolute Gasteiger partial charge is 0.367 e. The highest BCUT2D eigenvalue weighted by Crippen LogP contribution is 2.43. The highest BCUT2D eigenvalue weighted by Gasteiger charge is 2.33. The summed E-state index contributed by atoms with van der Waals surface area (Å²) in [6.45, 7) is 3.10. The summed E-state index contributed by atoms with van der Waals surface area (Å²) in [5.41, 5.74) is 8.05. The molecule has 42 heavy (non-hydrogen) atoms. The van der Waals surface area contributed by atoms with Crippen molar-refractivity contribution in [2.24, 2.45) is 4.99 Å². The lowest BCUT2D eigenvalue weighted by Crippen LogP contribution is -2.29. The van der Waals surface area contributed by atoms with Crippen molar-refractivity contribution in [3.63, 3.8) is 0 Å². The quantitative estimate of drug-likeness (QED) is 0.223. The number of carbonyl (C=O) groups excluding carboxylic acids is 1. The van der Waals surface area contributed by atoms with Gasteiger partial charge in [0.1, 0.15) is 18.2 Å². The third kappa shape index (κ3) is 5.76. The van der Waals surface area contributed by atoms with Crippen molar-refractivity contribution in [3.8, 4) is 22.8 Å². The molecule has 0 spiro atoms. The Morgan fingerprint density at radius 2 is 1.98 bits per heavy atom. The van der Waals surface area contributed by atoms with Crippen molar-refractivity contribution in [2.45, 2.75) is 25.9 Å². The van der Waals surface area contributed by atoms with E-state index in [2.05, 4.69) is 33.6 Å². The van der Waals surface area contributed by atoms with Gasteiger partial charge in [0.2, 0.25) is 6.86 Å². The zero-order valence-electron chi connectivity index (χ0n) is 22.7. The molecule has 2 amide bonds. The number of hydrogen-bond acceptors (Lipinski definition) is 6. The molecule has 1 saturated heterocycles. The molecule has 6 rings (SSSR count). The maximum absolute atomic E-state index is 12.7. The van der Waals surface area contributed by atoms with Crippen LogP contribution in [0.2, 0.25) is 5.02 Å². The van der Waals surface area contributed by atoms with E-state index in [1.807, 2.05) is 54.3 Å². The first-order valence-electron chi connectivity index (χ1n) is 13.2. The predicted molar refractivity (Wildman–Crippen MR) is 162 cm³/mol. The Bertz CT molecular complexity index is 1680. The fourth-order valence-corrected chi connectivity index (χ4v) is 5.99. The Morgan fingerprint density at radius 3 is 2.74 bits per heavy atom. The van der Waals surface area contributed by atoms with Gasteiger partial charge in [0, 0.05) is 28.0 Å². The Kier molecular flexibility index (Phi) is 7.96. The van der Waals surface area contributed by atoms with Gasteiger partial charge in [-0.3, -0.25) is 9.74 Å². The summed E-state index contributed by atoms with van der Waals surface area (Å²) in [5.74, 6) is 1.96. The minimum absolute atomic E-state index is 0.251. The summed E-state index contributed by atoms with van der Waals surface area (Å²) in [7, 11) is 0. The van der Waals surface area contributed by atoms with Crippen LogP contribution in [0.5, 0.6) is 5.75 Å². The lowest BCUT2D eigenvalue weighted by atomic mass is 9.94. The zero-order chi connectivity index (χ0) is 29.2. The summed E-state index contributed by atoms with van der Waals surface area (Å²) in [4.78, 5) is 29.0. The maximum atomic E-state index is 12.7. The first-order valence-corrected chi connectivity index (χ1v) is 14.5. The molecule has 3 heterocycles. The van der Waals surface area contributed by atoms with Crippen LogP contribution in [0.15, 0.2) is 89.8 Å². The number of hydroxylamine groups is 1. The van der Waals surface area contributed by atoms with Gasteiger partial charge in [0.05, 0.1) is 11.4 Å². The molecule has 2 unspecified atom stereocenters. The van der Waals surface area contributed by atoms with E-state index in [4.69, 9.17) is 21.2 Å². The number of urea groups is 1. The minimum Gasteiger partial charge on any atom is -0.463 e. The topological polar surface area (TPSA) is 93.9 Å². The second kappa shape index (κ2) is 12.0. The van der Waals surface area contributed by atoms with Crippen molar-refractivity contribution in [1.82, 2.24) is 20.2 Å². The number of aromatic nitrogens is 3. The van der Waals surface area contributed by atoms with Gasteiger partial charge in [-0.1, -0.05) is 66.7 Å². The lowest BCUT2D eigenvalue weighted by Gasteiger charge is -2.29. The summed E-state index contributed by atoms with van der Waals surface area (Å²) in [6, 6.07) is 19.6. The van der Waals surface area contributed by atoms with Gasteiger partial charge in [-0.2, -0.15) is 4.99 Å². The third-order valence-electron chi connectivity index (χ3n) is 6.97. The number of fused-ring (bicyclic) bond motifs is 3. The SMILES string of the molecule is CC1C=C2CS/C(=N\C(=O)NOC(C)c3ccc(-c4ncn(-c5ccc(OCF)cc5)n4)cc3)N2c2cc(Cl)ccc21. The Morgan fingerprint density at radius 1 is 1.19 bits per heavy atom. The molecule has 2 aliphatic heterocycles. The molecular weight excluding hydrogens is 579 g/mol. The molecule has 2 aliphatic rings. The summed E-state index contributed by atoms with van der Waals surface area (Å²) in [5, 5.41) is 5.74. The van der Waals surface area contributed by atoms with Crippen LogP contribution in [-0.2, 0) is 4.84 Å². The molecule has 4 aromatic rings. The molecular formula is C30H26ClFN6O3S. The normalized spacial score (nSPS) is 17.4. The highest BCUT2D eigenvalue weighted by molar-refractivity contribution is 8.14. The first-order chi connectivity index (χ1) is 20.4. The number of allylic oxidation sites excluding steroid dienone is 1. The fourth-order valence-electron chi connectivity index (χ4n) is 4.82. The van der Waals surface area contributed by atoms with Crippen LogP contribution in [0.25, 0.3) is 17.1 Å².